The first-order valence-electron chi connectivity index (χ1n) is 3.76. The molecule has 1 unspecified atom stereocenters. The van der Waals surface area contributed by atoms with Crippen LogP contribution in [-0.4, -0.2) is 32.2 Å². The first-order chi connectivity index (χ1) is 5.59. The van der Waals surface area contributed by atoms with Crippen LogP contribution in [0, 0.1) is 5.92 Å². The molecule has 0 aliphatic carbocycles. The Balaban J connectivity index is -0.0000000651. The number of nitrogens with one attached hydrogen (secondary N) is 2. The van der Waals surface area contributed by atoms with Crippen LogP contribution in [0.3, 0.4) is 0 Å². The molecule has 0 saturated heterocycles. The van der Waals surface area contributed by atoms with E-state index in [9.17, 15) is 9.59 Å². The summed E-state index contributed by atoms with van der Waals surface area (Å²) in [6.45, 7) is 4.04. The molecule has 6 heteroatoms. The molecule has 0 aromatic carbocycles. The van der Waals surface area contributed by atoms with Crippen LogP contribution in [-0.2, 0) is 42.3 Å². The Morgan fingerprint density at radius 2 is 1.93 bits per heavy atom. The van der Waals surface area contributed by atoms with Crippen LogP contribution in [0.1, 0.15) is 13.8 Å². The second kappa shape index (κ2) is 20.4. The van der Waals surface area contributed by atoms with E-state index in [4.69, 9.17) is 5.73 Å². The molecule has 0 aromatic heterocycles. The van der Waals surface area contributed by atoms with Crippen LogP contribution in [0.4, 0.5) is 0 Å². The first kappa shape index (κ1) is 25.0. The van der Waals surface area contributed by atoms with E-state index in [2.05, 4.69) is 5.32 Å². The van der Waals surface area contributed by atoms with Gasteiger partial charge in [0.2, 0.25) is 0 Å². The van der Waals surface area contributed by atoms with E-state index < -0.39 is 6.04 Å². The minimum atomic E-state index is -0.528. The van der Waals surface area contributed by atoms with Gasteiger partial charge < -0.3 is 20.6 Å². The molecular weight excluding hydrogens is 284 g/mol. The van der Waals surface area contributed by atoms with Gasteiger partial charge in [-0.1, -0.05) is 25.8 Å². The van der Waals surface area contributed by atoms with E-state index in [1.807, 2.05) is 13.8 Å². The fraction of sp³-hybridized carbons (Fsp3) is 0.750. The Hall–Kier alpha value is 2.00. The van der Waals surface area contributed by atoms with Crippen molar-refractivity contribution in [3.8, 4) is 0 Å². The molecule has 75 valence electrons. The second-order valence-electron chi connectivity index (χ2n) is 2.58. The van der Waals surface area contributed by atoms with Crippen molar-refractivity contribution in [2.45, 2.75) is 19.9 Å². The number of likely N-dealkylation sites (N-methyl/N-ethyl adjacent to an activating group) is 1. The molecule has 0 heterocycles. The van der Waals surface area contributed by atoms with Gasteiger partial charge >= 0.3 is 51.4 Å². The van der Waals surface area contributed by atoms with Gasteiger partial charge in [0.1, 0.15) is 6.29 Å². The number of rotatable bonds is 4. The monoisotopic (exact) mass is 300 g/mol. The average molecular weight is 300 g/mol. The van der Waals surface area contributed by atoms with Crippen molar-refractivity contribution in [3.63, 3.8) is 0 Å². The third kappa shape index (κ3) is 23.7. The minimum absolute atomic E-state index is 0. The van der Waals surface area contributed by atoms with E-state index in [0.29, 0.717) is 12.8 Å². The zero-order valence-corrected chi connectivity index (χ0v) is 15.3. The molecule has 0 aromatic rings. The Morgan fingerprint density at radius 1 is 1.50 bits per heavy atom. The molecule has 0 aliphatic heterocycles. The molecular formula is C8H16KN2O2Y-. The molecule has 14 heavy (non-hydrogen) atoms. The summed E-state index contributed by atoms with van der Waals surface area (Å²) in [6, 6.07) is -0.528. The number of hydrogen-bond donors (Lipinski definition) is 1. The summed E-state index contributed by atoms with van der Waals surface area (Å²) in [5.41, 5.74) is 6.91. The summed E-state index contributed by atoms with van der Waals surface area (Å²) in [4.78, 5) is 19.0. The average Bonchev–Trinajstić information content (AvgIpc) is 2.05. The molecule has 0 bridgehead atoms. The predicted octanol–water partition coefficient (Wildman–Crippen LogP) is -2.42. The Labute approximate surface area is 154 Å². The Bertz CT molecular complexity index is 126. The van der Waals surface area contributed by atoms with Crippen LogP contribution in [0.5, 0.6) is 0 Å². The maximum Gasteiger partial charge on any atom is 1.00 e. The second-order valence-corrected chi connectivity index (χ2v) is 2.58. The molecule has 0 amide bonds. The predicted molar refractivity (Wildman–Crippen MR) is 48.6 cm³/mol. The maximum atomic E-state index is 9.76. The van der Waals surface area contributed by atoms with Gasteiger partial charge in [-0.25, -0.2) is 0 Å². The van der Waals surface area contributed by atoms with E-state index >= 15 is 0 Å². The van der Waals surface area contributed by atoms with Gasteiger partial charge in [-0.05, 0) is 7.05 Å². The van der Waals surface area contributed by atoms with E-state index in [-0.39, 0.29) is 90.0 Å². The van der Waals surface area contributed by atoms with Crippen molar-refractivity contribution in [3.05, 3.63) is 5.73 Å². The molecule has 0 spiro atoms. The zero-order chi connectivity index (χ0) is 9.98. The first-order valence-corrected chi connectivity index (χ1v) is 3.76. The summed E-state index contributed by atoms with van der Waals surface area (Å²) < 4.78 is 0. The molecule has 0 aliphatic rings. The van der Waals surface area contributed by atoms with Crippen molar-refractivity contribution in [2.24, 2.45) is 5.92 Å². The van der Waals surface area contributed by atoms with Gasteiger partial charge in [0, 0.05) is 32.7 Å². The Morgan fingerprint density at radius 3 is 1.93 bits per heavy atom. The van der Waals surface area contributed by atoms with Crippen LogP contribution >= 0.6 is 0 Å². The summed E-state index contributed by atoms with van der Waals surface area (Å²) in [5, 5.41) is 2.59. The SMILES string of the molecule is CC(C)C([NH-])C=O.CNC[C-]=O.[K+].[Y]. The summed E-state index contributed by atoms with van der Waals surface area (Å²) in [5.74, 6) is 0.164. The normalized spacial score (nSPS) is 9.79. The fourth-order valence-electron chi connectivity index (χ4n) is 0.229. The van der Waals surface area contributed by atoms with Crippen molar-refractivity contribution >= 4 is 12.6 Å². The third-order valence-corrected chi connectivity index (χ3v) is 1.11. The molecule has 1 radical (unpaired) electrons. The van der Waals surface area contributed by atoms with Gasteiger partial charge in [-0.2, -0.15) is 0 Å². The van der Waals surface area contributed by atoms with E-state index in [1.165, 1.54) is 0 Å². The van der Waals surface area contributed by atoms with Gasteiger partial charge in [-0.3, -0.25) is 6.29 Å². The number of carbonyl (C=O) groups excluding carboxylic acids is 2. The van der Waals surface area contributed by atoms with Crippen molar-refractivity contribution < 1.29 is 93.7 Å². The summed E-state index contributed by atoms with van der Waals surface area (Å²) in [6.07, 6.45) is 2.31. The summed E-state index contributed by atoms with van der Waals surface area (Å²) in [7, 11) is 1.70. The van der Waals surface area contributed by atoms with Crippen LogP contribution in [0.25, 0.3) is 5.73 Å². The zero-order valence-electron chi connectivity index (χ0n) is 9.33. The Kier molecular flexibility index (Phi) is 36.5. The van der Waals surface area contributed by atoms with Gasteiger partial charge in [0.05, 0.1) is 0 Å². The molecule has 0 rings (SSSR count). The molecule has 0 fully saturated rings. The number of carbonyl (C=O) groups is 1. The van der Waals surface area contributed by atoms with E-state index in [1.54, 1.807) is 13.3 Å². The maximum absolute atomic E-state index is 9.76. The van der Waals surface area contributed by atoms with Gasteiger partial charge in [-0.15, -0.1) is 6.54 Å². The number of aldehydes is 1. The van der Waals surface area contributed by atoms with Crippen LogP contribution in [0.2, 0.25) is 0 Å². The fourth-order valence-corrected chi connectivity index (χ4v) is 0.229. The van der Waals surface area contributed by atoms with Crippen LogP contribution in [0.15, 0.2) is 0 Å². The molecule has 0 saturated carbocycles. The molecule has 1 atom stereocenters. The van der Waals surface area contributed by atoms with E-state index in [0.717, 1.165) is 0 Å². The third-order valence-electron chi connectivity index (χ3n) is 1.11. The van der Waals surface area contributed by atoms with Gasteiger partial charge in [0.15, 0.2) is 0 Å². The van der Waals surface area contributed by atoms with Crippen molar-refractivity contribution in [2.75, 3.05) is 13.6 Å². The van der Waals surface area contributed by atoms with Crippen molar-refractivity contribution in [1.29, 1.82) is 0 Å². The molecule has 4 nitrogen and oxygen atoms in total. The smallest absolute Gasteiger partial charge is 0.668 e. The van der Waals surface area contributed by atoms with Crippen LogP contribution < -0.4 is 56.7 Å². The summed E-state index contributed by atoms with van der Waals surface area (Å²) >= 11 is 0. The standard InChI is InChI=1S/C5H10NO.C3H6NO.K.Y/c1-4(2)5(6)3-7;1-4-2-3-5;;/h3-6H,1-2H3;4H,2H2,1H3;;/q2*-1;+1;. The minimum Gasteiger partial charge on any atom is -0.668 e. The van der Waals surface area contributed by atoms with Gasteiger partial charge in [0.25, 0.3) is 0 Å². The molecule has 2 N–H and O–H groups in total. The quantitative estimate of drug-likeness (QED) is 0.357. The van der Waals surface area contributed by atoms with Crippen molar-refractivity contribution in [1.82, 2.24) is 5.32 Å². The topological polar surface area (TPSA) is 70.0 Å². The largest absolute Gasteiger partial charge is 1.00 e. The number of hydrogen-bond acceptors (Lipinski definition) is 3.